The summed E-state index contributed by atoms with van der Waals surface area (Å²) in [6.45, 7) is 0. The molecule has 2 heterocycles. The second kappa shape index (κ2) is 5.73. The lowest BCUT2D eigenvalue weighted by atomic mass is 10.2. The van der Waals surface area contributed by atoms with Crippen LogP contribution in [0.25, 0.3) is 22.4 Å². The van der Waals surface area contributed by atoms with Crippen molar-refractivity contribution >= 4 is 42.8 Å². The first-order valence-electron chi connectivity index (χ1n) is 6.17. The number of pyridine rings is 1. The monoisotopic (exact) mass is 425 g/mol. The molecule has 0 spiro atoms. The molecule has 1 N–H and O–H groups in total. The van der Waals surface area contributed by atoms with Gasteiger partial charge in [-0.25, -0.2) is 4.98 Å². The van der Waals surface area contributed by atoms with Crippen LogP contribution in [0.4, 0.5) is 0 Å². The average molecular weight is 427 g/mol. The normalized spacial score (nSPS) is 10.9. The van der Waals surface area contributed by atoms with Crippen molar-refractivity contribution < 1.29 is 14.3 Å². The summed E-state index contributed by atoms with van der Waals surface area (Å²) in [6.07, 6.45) is 0. The number of hydrogen-bond acceptors (Lipinski definition) is 5. The van der Waals surface area contributed by atoms with Gasteiger partial charge in [0.1, 0.15) is 5.69 Å². The van der Waals surface area contributed by atoms with Gasteiger partial charge in [-0.1, -0.05) is 15.9 Å². The molecule has 0 fully saturated rings. The van der Waals surface area contributed by atoms with Crippen LogP contribution in [0, 0.1) is 0 Å². The number of fused-ring (bicyclic) bond motifs is 1. The highest BCUT2D eigenvalue weighted by atomic mass is 79.9. The van der Waals surface area contributed by atoms with Crippen molar-refractivity contribution in [3.8, 4) is 23.1 Å². The molecule has 22 heavy (non-hydrogen) atoms. The second-order valence-corrected chi connectivity index (χ2v) is 6.23. The lowest BCUT2D eigenvalue weighted by molar-refractivity contribution is 0.359. The number of aromatic hydroxyl groups is 1. The first kappa shape index (κ1) is 15.1. The summed E-state index contributed by atoms with van der Waals surface area (Å²) in [5.74, 6) is 0.272. The van der Waals surface area contributed by atoms with Crippen molar-refractivity contribution in [3.63, 3.8) is 0 Å². The summed E-state index contributed by atoms with van der Waals surface area (Å²) in [5.41, 5.74) is 0.634. The van der Waals surface area contributed by atoms with Crippen molar-refractivity contribution in [1.82, 2.24) is 4.98 Å². The molecular formula is C15H9Br2NO4. The SMILES string of the molecule is COc1nc(-c2cc(=O)c3cc(Br)cc(Br)c3o2)ccc1O. The maximum absolute atomic E-state index is 12.3. The molecule has 0 unspecified atom stereocenters. The van der Waals surface area contributed by atoms with Crippen LogP contribution in [0.1, 0.15) is 0 Å². The van der Waals surface area contributed by atoms with E-state index in [2.05, 4.69) is 36.8 Å². The molecule has 112 valence electrons. The lowest BCUT2D eigenvalue weighted by Crippen LogP contribution is -2.01. The minimum absolute atomic E-state index is 0.0649. The predicted molar refractivity (Wildman–Crippen MR) is 89.3 cm³/mol. The number of benzene rings is 1. The number of halogens is 2. The van der Waals surface area contributed by atoms with Gasteiger partial charge in [0.15, 0.2) is 22.5 Å². The summed E-state index contributed by atoms with van der Waals surface area (Å²) in [6, 6.07) is 7.83. The Balaban J connectivity index is 2.27. The zero-order valence-electron chi connectivity index (χ0n) is 11.3. The first-order chi connectivity index (χ1) is 10.5. The molecule has 0 saturated heterocycles. The third-order valence-corrected chi connectivity index (χ3v) is 4.08. The lowest BCUT2D eigenvalue weighted by Gasteiger charge is -2.07. The van der Waals surface area contributed by atoms with Crippen molar-refractivity contribution in [2.75, 3.05) is 7.11 Å². The van der Waals surface area contributed by atoms with E-state index in [1.54, 1.807) is 18.2 Å². The van der Waals surface area contributed by atoms with Gasteiger partial charge in [0, 0.05) is 10.5 Å². The Bertz CT molecular complexity index is 937. The number of aromatic nitrogens is 1. The van der Waals surface area contributed by atoms with Crippen LogP contribution in [0.15, 0.2) is 48.5 Å². The van der Waals surface area contributed by atoms with Crippen molar-refractivity contribution in [2.24, 2.45) is 0 Å². The smallest absolute Gasteiger partial charge is 0.257 e. The molecule has 0 aliphatic rings. The van der Waals surface area contributed by atoms with Crippen LogP contribution in [-0.4, -0.2) is 17.2 Å². The molecular weight excluding hydrogens is 418 g/mol. The zero-order chi connectivity index (χ0) is 15.9. The highest BCUT2D eigenvalue weighted by molar-refractivity contribution is 9.11. The van der Waals surface area contributed by atoms with E-state index >= 15 is 0 Å². The summed E-state index contributed by atoms with van der Waals surface area (Å²) < 4.78 is 12.2. The van der Waals surface area contributed by atoms with E-state index < -0.39 is 0 Å². The van der Waals surface area contributed by atoms with Gasteiger partial charge in [-0.2, -0.15) is 0 Å². The van der Waals surface area contributed by atoms with Crippen LogP contribution in [0.2, 0.25) is 0 Å². The highest BCUT2D eigenvalue weighted by Crippen LogP contribution is 2.31. The molecule has 0 aliphatic heterocycles. The van der Waals surface area contributed by atoms with Gasteiger partial charge >= 0.3 is 0 Å². The maximum Gasteiger partial charge on any atom is 0.257 e. The van der Waals surface area contributed by atoms with E-state index in [1.165, 1.54) is 19.2 Å². The molecule has 2 aromatic heterocycles. The van der Waals surface area contributed by atoms with Crippen molar-refractivity contribution in [1.29, 1.82) is 0 Å². The van der Waals surface area contributed by atoms with Crippen LogP contribution >= 0.6 is 31.9 Å². The summed E-state index contributed by atoms with van der Waals surface area (Å²) in [5, 5.41) is 10.0. The van der Waals surface area contributed by atoms with E-state index in [9.17, 15) is 9.90 Å². The fraction of sp³-hybridized carbons (Fsp3) is 0.0667. The Morgan fingerprint density at radius 2 is 2.00 bits per heavy atom. The molecule has 0 amide bonds. The molecule has 5 nitrogen and oxygen atoms in total. The molecule has 3 aromatic rings. The molecule has 0 bridgehead atoms. The molecule has 0 aliphatic carbocycles. The Hall–Kier alpha value is -1.86. The zero-order valence-corrected chi connectivity index (χ0v) is 14.4. The molecule has 0 atom stereocenters. The molecule has 1 aromatic carbocycles. The standard InChI is InChI=1S/C15H9Br2NO4/c1-21-15-11(19)3-2-10(18-15)13-6-12(20)8-4-7(16)5-9(17)14(8)22-13/h2-6,19H,1H3. The van der Waals surface area contributed by atoms with Crippen LogP contribution in [-0.2, 0) is 0 Å². The highest BCUT2D eigenvalue weighted by Gasteiger charge is 2.13. The minimum atomic E-state index is -0.188. The van der Waals surface area contributed by atoms with E-state index in [0.717, 1.165) is 4.47 Å². The third-order valence-electron chi connectivity index (χ3n) is 3.03. The van der Waals surface area contributed by atoms with E-state index in [4.69, 9.17) is 9.15 Å². The van der Waals surface area contributed by atoms with Gasteiger partial charge in [-0.15, -0.1) is 0 Å². The minimum Gasteiger partial charge on any atom is -0.503 e. The summed E-state index contributed by atoms with van der Waals surface area (Å²) >= 11 is 6.72. The number of nitrogens with zero attached hydrogens (tertiary/aromatic N) is 1. The van der Waals surface area contributed by atoms with Gasteiger partial charge in [0.05, 0.1) is 17.0 Å². The van der Waals surface area contributed by atoms with Gasteiger partial charge in [0.25, 0.3) is 5.88 Å². The topological polar surface area (TPSA) is 72.6 Å². The van der Waals surface area contributed by atoms with E-state index in [-0.39, 0.29) is 17.1 Å². The van der Waals surface area contributed by atoms with Crippen LogP contribution in [0.3, 0.4) is 0 Å². The largest absolute Gasteiger partial charge is 0.503 e. The summed E-state index contributed by atoms with van der Waals surface area (Å²) in [4.78, 5) is 16.4. The van der Waals surface area contributed by atoms with E-state index in [1.807, 2.05) is 0 Å². The van der Waals surface area contributed by atoms with Crippen LogP contribution in [0.5, 0.6) is 11.6 Å². The fourth-order valence-corrected chi connectivity index (χ4v) is 3.34. The van der Waals surface area contributed by atoms with Crippen molar-refractivity contribution in [3.05, 3.63) is 49.5 Å². The van der Waals surface area contributed by atoms with Gasteiger partial charge in [-0.05, 0) is 40.2 Å². The Morgan fingerprint density at radius 3 is 2.73 bits per heavy atom. The molecule has 7 heteroatoms. The molecule has 3 rings (SSSR count). The number of hydrogen-bond donors (Lipinski definition) is 1. The first-order valence-corrected chi connectivity index (χ1v) is 7.75. The third kappa shape index (κ3) is 2.62. The molecule has 0 radical (unpaired) electrons. The van der Waals surface area contributed by atoms with Crippen LogP contribution < -0.4 is 10.2 Å². The second-order valence-electron chi connectivity index (χ2n) is 4.46. The average Bonchev–Trinajstić information content (AvgIpc) is 2.48. The number of ether oxygens (including phenoxy) is 1. The maximum atomic E-state index is 12.3. The Kier molecular flexibility index (Phi) is 3.92. The quantitative estimate of drug-likeness (QED) is 0.667. The van der Waals surface area contributed by atoms with Gasteiger partial charge in [-0.3, -0.25) is 4.79 Å². The number of rotatable bonds is 2. The fourth-order valence-electron chi connectivity index (χ4n) is 2.03. The van der Waals surface area contributed by atoms with Crippen molar-refractivity contribution in [2.45, 2.75) is 0 Å². The summed E-state index contributed by atoms with van der Waals surface area (Å²) in [7, 11) is 1.40. The molecule has 0 saturated carbocycles. The van der Waals surface area contributed by atoms with Gasteiger partial charge < -0.3 is 14.3 Å². The van der Waals surface area contributed by atoms with E-state index in [0.29, 0.717) is 26.9 Å². The predicted octanol–water partition coefficient (Wildman–Crippen LogP) is 4.09. The van der Waals surface area contributed by atoms with Gasteiger partial charge in [0.2, 0.25) is 0 Å². The Labute approximate surface area is 141 Å². The Morgan fingerprint density at radius 1 is 1.23 bits per heavy atom. The number of methoxy groups -OCH3 is 1.